The van der Waals surface area contributed by atoms with Crippen LogP contribution in [0.4, 0.5) is 0 Å². The lowest BCUT2D eigenvalue weighted by molar-refractivity contribution is 0.407. The van der Waals surface area contributed by atoms with Gasteiger partial charge < -0.3 is 4.55 Å². The molecule has 0 unspecified atom stereocenters. The minimum atomic E-state index is -1.56. The molecule has 4 nitrogen and oxygen atoms in total. The van der Waals surface area contributed by atoms with Crippen LogP contribution in [0.3, 0.4) is 0 Å². The van der Waals surface area contributed by atoms with Crippen LogP contribution in [-0.2, 0) is 0 Å². The molecule has 0 aromatic carbocycles. The summed E-state index contributed by atoms with van der Waals surface area (Å²) < 4.78 is 10.5. The standard InChI is InChI=1S/C9H25N3OS/c1-10(2)7-14(13,8-11(3)4)9-12(5)6/h13H,7-9H2,1-6H3. The third kappa shape index (κ3) is 6.62. The van der Waals surface area contributed by atoms with Crippen molar-refractivity contribution < 1.29 is 4.55 Å². The van der Waals surface area contributed by atoms with Gasteiger partial charge in [0.15, 0.2) is 0 Å². The van der Waals surface area contributed by atoms with E-state index in [9.17, 15) is 4.55 Å². The Hall–Kier alpha value is 0.190. The highest BCUT2D eigenvalue weighted by Gasteiger charge is 2.23. The van der Waals surface area contributed by atoms with Crippen molar-refractivity contribution in [2.24, 2.45) is 0 Å². The minimum Gasteiger partial charge on any atom is -0.348 e. The van der Waals surface area contributed by atoms with E-state index in [0.29, 0.717) is 0 Å². The van der Waals surface area contributed by atoms with Crippen LogP contribution in [0, 0.1) is 0 Å². The van der Waals surface area contributed by atoms with Crippen LogP contribution >= 0.6 is 10.3 Å². The summed E-state index contributed by atoms with van der Waals surface area (Å²) in [5.74, 6) is 2.30. The van der Waals surface area contributed by atoms with Gasteiger partial charge in [0.05, 0.1) is 17.6 Å². The van der Waals surface area contributed by atoms with E-state index >= 15 is 0 Å². The molecule has 0 radical (unpaired) electrons. The molecular formula is C9H25N3OS. The molecule has 0 aromatic heterocycles. The zero-order valence-corrected chi connectivity index (χ0v) is 11.1. The summed E-state index contributed by atoms with van der Waals surface area (Å²) >= 11 is 0. The maximum atomic E-state index is 10.5. The molecule has 14 heavy (non-hydrogen) atoms. The lowest BCUT2D eigenvalue weighted by Crippen LogP contribution is -2.33. The van der Waals surface area contributed by atoms with Crippen molar-refractivity contribution in [2.75, 3.05) is 59.9 Å². The first-order valence-corrected chi connectivity index (χ1v) is 6.78. The minimum absolute atomic E-state index is 0.767. The molecule has 0 saturated carbocycles. The van der Waals surface area contributed by atoms with Gasteiger partial charge in [0.25, 0.3) is 0 Å². The van der Waals surface area contributed by atoms with Gasteiger partial charge in [0.1, 0.15) is 0 Å². The number of nitrogens with zero attached hydrogens (tertiary/aromatic N) is 3. The first-order valence-electron chi connectivity index (χ1n) is 4.68. The first-order chi connectivity index (χ1) is 6.25. The molecule has 0 amide bonds. The lowest BCUT2D eigenvalue weighted by atomic mass is 11.0. The summed E-state index contributed by atoms with van der Waals surface area (Å²) in [4.78, 5) is 6.17. The number of hydrogen-bond acceptors (Lipinski definition) is 4. The van der Waals surface area contributed by atoms with Crippen molar-refractivity contribution in [1.29, 1.82) is 0 Å². The zero-order valence-electron chi connectivity index (χ0n) is 10.3. The predicted molar refractivity (Wildman–Crippen MR) is 65.9 cm³/mol. The molecule has 0 atom stereocenters. The second-order valence-electron chi connectivity index (χ2n) is 4.63. The SMILES string of the molecule is CN(C)CS(O)(CN(C)C)CN(C)C. The Balaban J connectivity index is 4.32. The summed E-state index contributed by atoms with van der Waals surface area (Å²) in [6, 6.07) is 0. The molecule has 0 heterocycles. The van der Waals surface area contributed by atoms with Crippen LogP contribution in [0.25, 0.3) is 0 Å². The highest BCUT2D eigenvalue weighted by molar-refractivity contribution is 8.28. The molecule has 0 aromatic rings. The molecule has 0 bridgehead atoms. The maximum Gasteiger partial charge on any atom is 0.0517 e. The molecule has 0 saturated heterocycles. The summed E-state index contributed by atoms with van der Waals surface area (Å²) in [7, 11) is 10.5. The van der Waals surface area contributed by atoms with Gasteiger partial charge in [0.2, 0.25) is 0 Å². The highest BCUT2D eigenvalue weighted by Crippen LogP contribution is 2.43. The fraction of sp³-hybridized carbons (Fsp3) is 1.00. The van der Waals surface area contributed by atoms with Gasteiger partial charge in [-0.15, -0.1) is 0 Å². The second kappa shape index (κ2) is 5.92. The van der Waals surface area contributed by atoms with Crippen LogP contribution in [-0.4, -0.2) is 79.2 Å². The predicted octanol–water partition coefficient (Wildman–Crippen LogP) is 0.821. The van der Waals surface area contributed by atoms with Crippen molar-refractivity contribution in [3.8, 4) is 0 Å². The summed E-state index contributed by atoms with van der Waals surface area (Å²) in [5, 5.41) is 0. The Kier molecular flexibility index (Phi) is 6.00. The average Bonchev–Trinajstić information content (AvgIpc) is 1.76. The second-order valence-corrected chi connectivity index (χ2v) is 7.40. The van der Waals surface area contributed by atoms with Gasteiger partial charge in [-0.3, -0.25) is 14.7 Å². The fourth-order valence-corrected chi connectivity index (χ4v) is 4.69. The zero-order chi connectivity index (χ0) is 11.4. The number of hydrogen-bond donors (Lipinski definition) is 1. The molecule has 5 heteroatoms. The van der Waals surface area contributed by atoms with Crippen molar-refractivity contribution >= 4 is 10.3 Å². The smallest absolute Gasteiger partial charge is 0.0517 e. The summed E-state index contributed by atoms with van der Waals surface area (Å²) in [6.45, 7) is 0. The largest absolute Gasteiger partial charge is 0.348 e. The van der Waals surface area contributed by atoms with Gasteiger partial charge in [-0.05, 0) is 42.3 Å². The molecule has 1 N–H and O–H groups in total. The number of rotatable bonds is 6. The van der Waals surface area contributed by atoms with Crippen molar-refractivity contribution in [3.05, 3.63) is 0 Å². The molecule has 0 rings (SSSR count). The normalized spacial score (nSPS) is 14.4. The average molecular weight is 223 g/mol. The van der Waals surface area contributed by atoms with E-state index in [1.165, 1.54) is 0 Å². The van der Waals surface area contributed by atoms with Gasteiger partial charge >= 0.3 is 0 Å². The molecule has 0 fully saturated rings. The first kappa shape index (κ1) is 14.2. The summed E-state index contributed by atoms with van der Waals surface area (Å²) in [5.41, 5.74) is 0. The Morgan fingerprint density at radius 1 is 0.714 bits per heavy atom. The topological polar surface area (TPSA) is 30.0 Å². The van der Waals surface area contributed by atoms with Gasteiger partial charge in [-0.1, -0.05) is 10.3 Å². The van der Waals surface area contributed by atoms with E-state index in [1.807, 2.05) is 42.3 Å². The fourth-order valence-electron chi connectivity index (χ4n) is 1.56. The van der Waals surface area contributed by atoms with E-state index in [4.69, 9.17) is 0 Å². The Bertz CT molecular complexity index is 136. The van der Waals surface area contributed by atoms with Crippen molar-refractivity contribution in [1.82, 2.24) is 14.7 Å². The molecule has 0 aliphatic carbocycles. The van der Waals surface area contributed by atoms with Gasteiger partial charge in [-0.2, -0.15) is 0 Å². The van der Waals surface area contributed by atoms with Crippen molar-refractivity contribution in [2.45, 2.75) is 0 Å². The monoisotopic (exact) mass is 223 g/mol. The van der Waals surface area contributed by atoms with Crippen LogP contribution in [0.1, 0.15) is 0 Å². The van der Waals surface area contributed by atoms with E-state index in [2.05, 4.69) is 14.7 Å². The molecule has 88 valence electrons. The van der Waals surface area contributed by atoms with E-state index in [1.54, 1.807) is 0 Å². The van der Waals surface area contributed by atoms with Crippen LogP contribution in [0.15, 0.2) is 0 Å². The Morgan fingerprint density at radius 2 is 0.929 bits per heavy atom. The lowest BCUT2D eigenvalue weighted by Gasteiger charge is -2.40. The quantitative estimate of drug-likeness (QED) is 0.722. The summed E-state index contributed by atoms with van der Waals surface area (Å²) in [6.07, 6.45) is 0. The highest BCUT2D eigenvalue weighted by atomic mass is 32.3. The molecular weight excluding hydrogens is 198 g/mol. The Morgan fingerprint density at radius 3 is 1.07 bits per heavy atom. The third-order valence-corrected chi connectivity index (χ3v) is 4.49. The molecule has 0 aliphatic heterocycles. The third-order valence-electron chi connectivity index (χ3n) is 1.50. The van der Waals surface area contributed by atoms with Crippen molar-refractivity contribution in [3.63, 3.8) is 0 Å². The van der Waals surface area contributed by atoms with Gasteiger partial charge in [0, 0.05) is 0 Å². The van der Waals surface area contributed by atoms with E-state index in [0.717, 1.165) is 17.6 Å². The van der Waals surface area contributed by atoms with Gasteiger partial charge in [-0.25, -0.2) is 0 Å². The van der Waals surface area contributed by atoms with Crippen LogP contribution in [0.5, 0.6) is 0 Å². The maximum absolute atomic E-state index is 10.5. The van der Waals surface area contributed by atoms with E-state index in [-0.39, 0.29) is 0 Å². The van der Waals surface area contributed by atoms with Crippen LogP contribution in [0.2, 0.25) is 0 Å². The van der Waals surface area contributed by atoms with Crippen LogP contribution < -0.4 is 0 Å². The van der Waals surface area contributed by atoms with E-state index < -0.39 is 10.3 Å². The Labute approximate surface area is 90.0 Å². The molecule has 0 aliphatic rings. The molecule has 0 spiro atoms.